The average Bonchev–Trinajstić information content (AvgIpc) is 2.15. The molecule has 0 bridgehead atoms. The standard InChI is InChI=1S/C12H16BrNO2/c1-8(2)16-12(15)7-14-11-5-4-9(3)6-10(11)13/h4-6,8,14H,7H2,1-3H3. The van der Waals surface area contributed by atoms with E-state index >= 15 is 0 Å². The van der Waals surface area contributed by atoms with Crippen molar-refractivity contribution in [2.45, 2.75) is 26.9 Å². The van der Waals surface area contributed by atoms with Gasteiger partial charge in [-0.05, 0) is 54.4 Å². The molecule has 0 fully saturated rings. The van der Waals surface area contributed by atoms with Crippen molar-refractivity contribution in [2.24, 2.45) is 0 Å². The number of rotatable bonds is 4. The number of esters is 1. The maximum atomic E-state index is 11.3. The molecule has 1 aromatic rings. The normalized spacial score (nSPS) is 10.3. The van der Waals surface area contributed by atoms with E-state index < -0.39 is 0 Å². The van der Waals surface area contributed by atoms with Crippen LogP contribution in [-0.4, -0.2) is 18.6 Å². The molecule has 1 aromatic carbocycles. The number of halogens is 1. The van der Waals surface area contributed by atoms with E-state index in [0.29, 0.717) is 0 Å². The number of hydrogen-bond donors (Lipinski definition) is 1. The lowest BCUT2D eigenvalue weighted by molar-refractivity contribution is -0.145. The number of nitrogens with one attached hydrogen (secondary N) is 1. The quantitative estimate of drug-likeness (QED) is 0.864. The molecule has 0 aromatic heterocycles. The number of benzene rings is 1. The van der Waals surface area contributed by atoms with Gasteiger partial charge in [-0.1, -0.05) is 6.07 Å². The molecular formula is C12H16BrNO2. The molecule has 0 saturated heterocycles. The van der Waals surface area contributed by atoms with Gasteiger partial charge in [-0.25, -0.2) is 0 Å². The second-order valence-electron chi connectivity index (χ2n) is 3.88. The molecule has 1 N–H and O–H groups in total. The lowest BCUT2D eigenvalue weighted by Gasteiger charge is -2.11. The molecule has 0 atom stereocenters. The first kappa shape index (κ1) is 13.0. The predicted molar refractivity (Wildman–Crippen MR) is 68.6 cm³/mol. The van der Waals surface area contributed by atoms with Crippen LogP contribution in [0, 0.1) is 6.92 Å². The first-order chi connectivity index (χ1) is 7.49. The number of carbonyl (C=O) groups is 1. The first-order valence-corrected chi connectivity index (χ1v) is 5.98. The summed E-state index contributed by atoms with van der Waals surface area (Å²) in [5.41, 5.74) is 2.06. The van der Waals surface area contributed by atoms with E-state index in [4.69, 9.17) is 4.74 Å². The van der Waals surface area contributed by atoms with Gasteiger partial charge in [0.2, 0.25) is 0 Å². The monoisotopic (exact) mass is 285 g/mol. The van der Waals surface area contributed by atoms with Gasteiger partial charge in [0.25, 0.3) is 0 Å². The van der Waals surface area contributed by atoms with Crippen molar-refractivity contribution in [3.8, 4) is 0 Å². The summed E-state index contributed by atoms with van der Waals surface area (Å²) in [6, 6.07) is 5.92. The van der Waals surface area contributed by atoms with Crippen LogP contribution in [-0.2, 0) is 9.53 Å². The van der Waals surface area contributed by atoms with Crippen LogP contribution >= 0.6 is 15.9 Å². The maximum Gasteiger partial charge on any atom is 0.325 e. The van der Waals surface area contributed by atoms with Crippen molar-refractivity contribution in [2.75, 3.05) is 11.9 Å². The minimum absolute atomic E-state index is 0.0734. The summed E-state index contributed by atoms with van der Waals surface area (Å²) >= 11 is 3.43. The molecule has 0 radical (unpaired) electrons. The second kappa shape index (κ2) is 5.89. The van der Waals surface area contributed by atoms with Gasteiger partial charge < -0.3 is 10.1 Å². The van der Waals surface area contributed by atoms with Gasteiger partial charge in [-0.2, -0.15) is 0 Å². The summed E-state index contributed by atoms with van der Waals surface area (Å²) in [7, 11) is 0. The van der Waals surface area contributed by atoms with Crippen LogP contribution in [0.25, 0.3) is 0 Å². The van der Waals surface area contributed by atoms with Gasteiger partial charge in [0.1, 0.15) is 6.54 Å². The SMILES string of the molecule is Cc1ccc(NCC(=O)OC(C)C)c(Br)c1. The molecular weight excluding hydrogens is 270 g/mol. The molecule has 0 aliphatic heterocycles. The molecule has 0 amide bonds. The molecule has 0 aliphatic rings. The highest BCUT2D eigenvalue weighted by molar-refractivity contribution is 9.10. The zero-order valence-electron chi connectivity index (χ0n) is 9.71. The van der Waals surface area contributed by atoms with Crippen molar-refractivity contribution >= 4 is 27.6 Å². The third-order valence-corrected chi connectivity index (χ3v) is 2.57. The Morgan fingerprint density at radius 1 is 1.50 bits per heavy atom. The summed E-state index contributed by atoms with van der Waals surface area (Å²) in [6.07, 6.45) is -0.0734. The molecule has 4 heteroatoms. The van der Waals surface area contributed by atoms with Crippen molar-refractivity contribution in [3.05, 3.63) is 28.2 Å². The van der Waals surface area contributed by atoms with Crippen molar-refractivity contribution < 1.29 is 9.53 Å². The van der Waals surface area contributed by atoms with Crippen LogP contribution in [0.4, 0.5) is 5.69 Å². The molecule has 0 spiro atoms. The molecule has 0 saturated carbocycles. The third-order valence-electron chi connectivity index (χ3n) is 1.91. The van der Waals surface area contributed by atoms with Gasteiger partial charge in [-0.3, -0.25) is 4.79 Å². The van der Waals surface area contributed by atoms with Gasteiger partial charge in [0.15, 0.2) is 0 Å². The molecule has 88 valence electrons. The minimum Gasteiger partial charge on any atom is -0.462 e. The highest BCUT2D eigenvalue weighted by atomic mass is 79.9. The van der Waals surface area contributed by atoms with Crippen LogP contribution in [0.5, 0.6) is 0 Å². The number of carbonyl (C=O) groups excluding carboxylic acids is 1. The van der Waals surface area contributed by atoms with Crippen LogP contribution in [0.1, 0.15) is 19.4 Å². The fourth-order valence-electron chi connectivity index (χ4n) is 1.24. The zero-order chi connectivity index (χ0) is 12.1. The summed E-state index contributed by atoms with van der Waals surface area (Å²) in [5, 5.41) is 3.02. The van der Waals surface area contributed by atoms with Gasteiger partial charge >= 0.3 is 5.97 Å². The van der Waals surface area contributed by atoms with Crippen LogP contribution < -0.4 is 5.32 Å². The van der Waals surface area contributed by atoms with E-state index in [2.05, 4.69) is 21.2 Å². The lowest BCUT2D eigenvalue weighted by Crippen LogP contribution is -2.20. The zero-order valence-corrected chi connectivity index (χ0v) is 11.3. The average molecular weight is 286 g/mol. The first-order valence-electron chi connectivity index (χ1n) is 5.18. The lowest BCUT2D eigenvalue weighted by atomic mass is 10.2. The Bertz CT molecular complexity index is 377. The van der Waals surface area contributed by atoms with Crippen LogP contribution in [0.15, 0.2) is 22.7 Å². The Hall–Kier alpha value is -1.03. The van der Waals surface area contributed by atoms with Crippen molar-refractivity contribution in [3.63, 3.8) is 0 Å². The topological polar surface area (TPSA) is 38.3 Å². The summed E-state index contributed by atoms with van der Waals surface area (Å²) in [4.78, 5) is 11.3. The Morgan fingerprint density at radius 3 is 2.75 bits per heavy atom. The molecule has 3 nitrogen and oxygen atoms in total. The van der Waals surface area contributed by atoms with E-state index in [1.807, 2.05) is 39.0 Å². The molecule has 0 unspecified atom stereocenters. The van der Waals surface area contributed by atoms with E-state index in [0.717, 1.165) is 10.2 Å². The third kappa shape index (κ3) is 4.23. The molecule has 16 heavy (non-hydrogen) atoms. The van der Waals surface area contributed by atoms with E-state index in [1.165, 1.54) is 5.56 Å². The van der Waals surface area contributed by atoms with E-state index in [-0.39, 0.29) is 18.6 Å². The fourth-order valence-corrected chi connectivity index (χ4v) is 1.87. The number of hydrogen-bond acceptors (Lipinski definition) is 3. The minimum atomic E-state index is -0.248. The van der Waals surface area contributed by atoms with Crippen molar-refractivity contribution in [1.82, 2.24) is 0 Å². The number of anilines is 1. The fraction of sp³-hybridized carbons (Fsp3) is 0.417. The molecule has 0 aliphatic carbocycles. The smallest absolute Gasteiger partial charge is 0.325 e. The van der Waals surface area contributed by atoms with Gasteiger partial charge in [0, 0.05) is 10.2 Å². The molecule has 1 rings (SSSR count). The van der Waals surface area contributed by atoms with Crippen LogP contribution in [0.2, 0.25) is 0 Å². The Balaban J connectivity index is 2.51. The highest BCUT2D eigenvalue weighted by Gasteiger charge is 2.06. The number of aryl methyl sites for hydroxylation is 1. The summed E-state index contributed by atoms with van der Waals surface area (Å²) in [6.45, 7) is 5.86. The maximum absolute atomic E-state index is 11.3. The molecule has 0 heterocycles. The van der Waals surface area contributed by atoms with E-state index in [9.17, 15) is 4.79 Å². The van der Waals surface area contributed by atoms with Gasteiger partial charge in [-0.15, -0.1) is 0 Å². The van der Waals surface area contributed by atoms with Gasteiger partial charge in [0.05, 0.1) is 6.10 Å². The number of ether oxygens (including phenoxy) is 1. The Labute approximate surface area is 104 Å². The predicted octanol–water partition coefficient (Wildman–Crippen LogP) is 3.12. The Kier molecular flexibility index (Phi) is 4.80. The van der Waals surface area contributed by atoms with E-state index in [1.54, 1.807) is 0 Å². The summed E-state index contributed by atoms with van der Waals surface area (Å²) in [5.74, 6) is -0.248. The largest absolute Gasteiger partial charge is 0.462 e. The van der Waals surface area contributed by atoms with Crippen molar-refractivity contribution in [1.29, 1.82) is 0 Å². The highest BCUT2D eigenvalue weighted by Crippen LogP contribution is 2.22. The summed E-state index contributed by atoms with van der Waals surface area (Å²) < 4.78 is 5.97. The second-order valence-corrected chi connectivity index (χ2v) is 4.73. The Morgan fingerprint density at radius 2 is 2.19 bits per heavy atom. The van der Waals surface area contributed by atoms with Crippen LogP contribution in [0.3, 0.4) is 0 Å².